The summed E-state index contributed by atoms with van der Waals surface area (Å²) in [6, 6.07) is 8.24. The molecule has 2 N–H and O–H groups in total. The monoisotopic (exact) mass is 536 g/mol. The van der Waals surface area contributed by atoms with Gasteiger partial charge in [-0.3, -0.25) is 19.7 Å². The minimum Gasteiger partial charge on any atom is -0.495 e. The topological polar surface area (TPSA) is 102 Å². The van der Waals surface area contributed by atoms with Crippen molar-refractivity contribution in [3.8, 4) is 22.6 Å². The van der Waals surface area contributed by atoms with Crippen LogP contribution in [0.1, 0.15) is 15.9 Å². The van der Waals surface area contributed by atoms with Crippen molar-refractivity contribution < 1.29 is 18.7 Å². The van der Waals surface area contributed by atoms with Crippen molar-refractivity contribution in [1.29, 1.82) is 0 Å². The van der Waals surface area contributed by atoms with Crippen molar-refractivity contribution in [3.05, 3.63) is 70.9 Å². The highest BCUT2D eigenvalue weighted by atomic mass is 35.5. The first-order valence-electron chi connectivity index (χ1n) is 12.0. The number of piperazine rings is 1. The van der Waals surface area contributed by atoms with E-state index in [1.54, 1.807) is 24.4 Å². The highest BCUT2D eigenvalue weighted by Crippen LogP contribution is 2.44. The van der Waals surface area contributed by atoms with Crippen LogP contribution in [-0.4, -0.2) is 66.2 Å². The summed E-state index contributed by atoms with van der Waals surface area (Å²) < 4.78 is 25.9. The van der Waals surface area contributed by atoms with E-state index in [2.05, 4.69) is 30.5 Å². The second-order valence-corrected chi connectivity index (χ2v) is 9.11. The average Bonchev–Trinajstić information content (AvgIpc) is 2.95. The van der Waals surface area contributed by atoms with Crippen LogP contribution < -0.4 is 20.1 Å². The molecule has 0 atom stereocenters. The molecule has 5 rings (SSSR count). The fourth-order valence-electron chi connectivity index (χ4n) is 4.47. The maximum atomic E-state index is 15.4. The maximum absolute atomic E-state index is 15.4. The quantitative estimate of drug-likeness (QED) is 0.363. The van der Waals surface area contributed by atoms with Crippen molar-refractivity contribution in [2.24, 2.45) is 0 Å². The van der Waals surface area contributed by atoms with Gasteiger partial charge in [-0.25, -0.2) is 9.37 Å². The van der Waals surface area contributed by atoms with Gasteiger partial charge in [-0.1, -0.05) is 23.7 Å². The summed E-state index contributed by atoms with van der Waals surface area (Å²) >= 11 is 6.50. The number of carbonyl (C=O) groups excluding carboxylic acids is 1. The summed E-state index contributed by atoms with van der Waals surface area (Å²) in [5.74, 6) is -0.476. The number of anilines is 1. The molecule has 0 radical (unpaired) electrons. The Kier molecular flexibility index (Phi) is 7.64. The molecule has 1 aliphatic rings. The summed E-state index contributed by atoms with van der Waals surface area (Å²) in [6.07, 6.45) is 4.70. The zero-order valence-electron chi connectivity index (χ0n) is 20.9. The van der Waals surface area contributed by atoms with Crippen LogP contribution in [0.15, 0.2) is 48.9 Å². The van der Waals surface area contributed by atoms with Crippen LogP contribution in [0, 0.1) is 5.82 Å². The van der Waals surface area contributed by atoms with Crippen molar-refractivity contribution in [3.63, 3.8) is 0 Å². The number of benzene rings is 2. The van der Waals surface area contributed by atoms with E-state index < -0.39 is 11.7 Å². The molecule has 196 valence electrons. The minimum atomic E-state index is -0.674. The highest BCUT2D eigenvalue weighted by Gasteiger charge is 2.24. The van der Waals surface area contributed by atoms with Gasteiger partial charge in [0.25, 0.3) is 5.91 Å². The molecule has 0 bridgehead atoms. The zero-order chi connectivity index (χ0) is 26.6. The van der Waals surface area contributed by atoms with E-state index in [0.29, 0.717) is 16.9 Å². The van der Waals surface area contributed by atoms with Crippen LogP contribution in [0.5, 0.6) is 11.5 Å². The number of fused-ring (bicyclic) bond motifs is 1. The third-order valence-electron chi connectivity index (χ3n) is 6.39. The van der Waals surface area contributed by atoms with Gasteiger partial charge in [0, 0.05) is 68.5 Å². The lowest BCUT2D eigenvalue weighted by Gasteiger charge is -2.27. The molecule has 0 spiro atoms. The second-order valence-electron chi connectivity index (χ2n) is 8.73. The molecule has 0 unspecified atom stereocenters. The Balaban J connectivity index is 1.45. The first-order chi connectivity index (χ1) is 18.5. The lowest BCUT2D eigenvalue weighted by molar-refractivity contribution is 0.102. The van der Waals surface area contributed by atoms with Crippen molar-refractivity contribution in [1.82, 2.24) is 25.2 Å². The first kappa shape index (κ1) is 25.8. The predicted molar refractivity (Wildman–Crippen MR) is 143 cm³/mol. The van der Waals surface area contributed by atoms with Gasteiger partial charge in [0.2, 0.25) is 0 Å². The van der Waals surface area contributed by atoms with Crippen molar-refractivity contribution in [2.45, 2.75) is 6.54 Å². The van der Waals surface area contributed by atoms with Crippen molar-refractivity contribution in [2.75, 3.05) is 45.7 Å². The maximum Gasteiger partial charge on any atom is 0.259 e. The van der Waals surface area contributed by atoms with Crippen molar-refractivity contribution >= 4 is 34.4 Å². The molecular weight excluding hydrogens is 511 g/mol. The Hall–Kier alpha value is -3.86. The van der Waals surface area contributed by atoms with Crippen LogP contribution >= 0.6 is 11.6 Å². The number of methoxy groups -OCH3 is 2. The number of nitrogens with one attached hydrogen (secondary N) is 2. The Morgan fingerprint density at radius 3 is 2.47 bits per heavy atom. The van der Waals surface area contributed by atoms with Gasteiger partial charge in [-0.15, -0.1) is 0 Å². The molecule has 11 heteroatoms. The zero-order valence-corrected chi connectivity index (χ0v) is 21.7. The van der Waals surface area contributed by atoms with Crippen LogP contribution in [0.3, 0.4) is 0 Å². The second kappa shape index (κ2) is 11.3. The van der Waals surface area contributed by atoms with E-state index in [1.165, 1.54) is 32.7 Å². The van der Waals surface area contributed by atoms with Crippen LogP contribution in [-0.2, 0) is 6.54 Å². The highest BCUT2D eigenvalue weighted by molar-refractivity contribution is 6.35. The van der Waals surface area contributed by atoms with E-state index in [1.807, 2.05) is 6.07 Å². The van der Waals surface area contributed by atoms with Gasteiger partial charge >= 0.3 is 0 Å². The van der Waals surface area contributed by atoms with Gasteiger partial charge in [-0.05, 0) is 17.7 Å². The molecule has 4 aromatic rings. The number of pyridine rings is 1. The molecule has 9 nitrogen and oxygen atoms in total. The molecule has 1 saturated heterocycles. The van der Waals surface area contributed by atoms with Gasteiger partial charge < -0.3 is 20.1 Å². The summed E-state index contributed by atoms with van der Waals surface area (Å²) in [5, 5.41) is 6.21. The number of rotatable bonds is 7. The number of halogens is 2. The number of amides is 1. The molecule has 1 aliphatic heterocycles. The average molecular weight is 537 g/mol. The van der Waals surface area contributed by atoms with E-state index in [9.17, 15) is 4.79 Å². The summed E-state index contributed by atoms with van der Waals surface area (Å²) in [6.45, 7) is 4.72. The van der Waals surface area contributed by atoms with Gasteiger partial charge in [-0.2, -0.15) is 0 Å². The molecular formula is C27H26ClFN6O3. The molecule has 1 fully saturated rings. The number of hydrogen-bond donors (Lipinski definition) is 2. The number of nitrogens with zero attached hydrogens (tertiary/aromatic N) is 4. The van der Waals surface area contributed by atoms with E-state index >= 15 is 4.39 Å². The number of aromatic nitrogens is 3. The fraction of sp³-hybridized carbons (Fsp3) is 0.259. The molecule has 2 aromatic heterocycles. The fourth-order valence-corrected chi connectivity index (χ4v) is 4.78. The molecule has 0 aliphatic carbocycles. The summed E-state index contributed by atoms with van der Waals surface area (Å²) in [4.78, 5) is 28.8. The normalized spacial score (nSPS) is 13.9. The van der Waals surface area contributed by atoms with Gasteiger partial charge in [0.1, 0.15) is 17.1 Å². The number of carbonyl (C=O) groups is 1. The molecule has 38 heavy (non-hydrogen) atoms. The lowest BCUT2D eigenvalue weighted by atomic mass is 9.99. The predicted octanol–water partition coefficient (Wildman–Crippen LogP) is 4.16. The minimum absolute atomic E-state index is 0.0356. The Labute approximate surface area is 224 Å². The van der Waals surface area contributed by atoms with E-state index in [-0.39, 0.29) is 33.2 Å². The van der Waals surface area contributed by atoms with Crippen LogP contribution in [0.4, 0.5) is 10.2 Å². The smallest absolute Gasteiger partial charge is 0.259 e. The number of ether oxygens (including phenoxy) is 2. The largest absolute Gasteiger partial charge is 0.495 e. The molecule has 0 saturated carbocycles. The lowest BCUT2D eigenvalue weighted by Crippen LogP contribution is -2.42. The summed E-state index contributed by atoms with van der Waals surface area (Å²) in [7, 11) is 2.78. The van der Waals surface area contributed by atoms with E-state index in [4.69, 9.17) is 21.1 Å². The molecule has 2 aromatic carbocycles. The molecule has 3 heterocycles. The Morgan fingerprint density at radius 2 is 1.79 bits per heavy atom. The molecule has 1 amide bonds. The Morgan fingerprint density at radius 1 is 1.05 bits per heavy atom. The van der Waals surface area contributed by atoms with Gasteiger partial charge in [0.05, 0.1) is 30.3 Å². The third kappa shape index (κ3) is 5.10. The van der Waals surface area contributed by atoms with Crippen LogP contribution in [0.2, 0.25) is 5.02 Å². The number of hydrogen-bond acceptors (Lipinski definition) is 8. The first-order valence-corrected chi connectivity index (χ1v) is 12.4. The standard InChI is InChI=1S/C27H26ClFN6O3/c1-37-19-13-20(38-2)24(29)22(23(19)28)17-4-5-18(26-25(17)31-7-8-32-26)27(36)34-21-6-3-16(14-33-21)15-35-11-9-30-10-12-35/h3-8,13-14,30H,9-12,15H2,1-2H3,(H,33,34,36). The SMILES string of the molecule is COc1cc(OC)c(Cl)c(-c2ccc(C(=O)Nc3ccc(CN4CCNCC4)cn3)c3nccnc23)c1F. The van der Waals surface area contributed by atoms with E-state index in [0.717, 1.165) is 38.3 Å². The van der Waals surface area contributed by atoms with Gasteiger partial charge in [0.15, 0.2) is 11.6 Å². The van der Waals surface area contributed by atoms with Crippen LogP contribution in [0.25, 0.3) is 22.2 Å². The third-order valence-corrected chi connectivity index (χ3v) is 6.77. The summed E-state index contributed by atoms with van der Waals surface area (Å²) in [5.41, 5.74) is 2.31. The Bertz CT molecular complexity index is 1450.